The SMILES string of the molecule is CCC1CCC(Oc2ccccc2C(CC)NC)CC1. The molecule has 0 amide bonds. The fraction of sp³-hybridized carbons (Fsp3) is 0.667. The maximum atomic E-state index is 6.32. The third-order valence-electron chi connectivity index (χ3n) is 4.72. The molecule has 1 saturated carbocycles. The van der Waals surface area contributed by atoms with Gasteiger partial charge >= 0.3 is 0 Å². The molecule has 1 aromatic carbocycles. The number of benzene rings is 1. The predicted octanol–water partition coefficient (Wildman–Crippen LogP) is 4.70. The monoisotopic (exact) mass is 275 g/mol. The fourth-order valence-corrected chi connectivity index (χ4v) is 3.29. The normalized spacial score (nSPS) is 24.4. The standard InChI is InChI=1S/C18H29NO/c1-4-14-10-12-15(13-11-14)20-18-9-7-6-8-16(18)17(5-2)19-3/h6-9,14-15,17,19H,4-5,10-13H2,1-3H3. The first-order chi connectivity index (χ1) is 9.78. The molecule has 112 valence electrons. The summed E-state index contributed by atoms with van der Waals surface area (Å²) >= 11 is 0. The highest BCUT2D eigenvalue weighted by atomic mass is 16.5. The first-order valence-electron chi connectivity index (χ1n) is 8.21. The molecule has 0 radical (unpaired) electrons. The van der Waals surface area contributed by atoms with Crippen molar-refractivity contribution in [2.45, 2.75) is 64.5 Å². The van der Waals surface area contributed by atoms with Gasteiger partial charge in [0.05, 0.1) is 6.10 Å². The van der Waals surface area contributed by atoms with Crippen molar-refractivity contribution in [2.75, 3.05) is 7.05 Å². The lowest BCUT2D eigenvalue weighted by Gasteiger charge is -2.29. The smallest absolute Gasteiger partial charge is 0.124 e. The summed E-state index contributed by atoms with van der Waals surface area (Å²) in [6, 6.07) is 8.90. The number of rotatable bonds is 6. The molecule has 1 fully saturated rings. The van der Waals surface area contributed by atoms with Crippen LogP contribution < -0.4 is 10.1 Å². The Kier molecular flexibility index (Phi) is 5.90. The Morgan fingerprint density at radius 2 is 1.85 bits per heavy atom. The molecule has 20 heavy (non-hydrogen) atoms. The molecule has 0 spiro atoms. The number of para-hydroxylation sites is 1. The summed E-state index contributed by atoms with van der Waals surface area (Å²) in [4.78, 5) is 0. The molecule has 0 saturated heterocycles. The molecule has 0 bridgehead atoms. The van der Waals surface area contributed by atoms with Crippen LogP contribution in [0.15, 0.2) is 24.3 Å². The van der Waals surface area contributed by atoms with Gasteiger partial charge < -0.3 is 10.1 Å². The van der Waals surface area contributed by atoms with Crippen LogP contribution in [-0.2, 0) is 0 Å². The van der Waals surface area contributed by atoms with Crippen LogP contribution in [-0.4, -0.2) is 13.2 Å². The zero-order chi connectivity index (χ0) is 14.4. The van der Waals surface area contributed by atoms with Crippen LogP contribution in [0, 0.1) is 5.92 Å². The first kappa shape index (κ1) is 15.4. The van der Waals surface area contributed by atoms with Gasteiger partial charge in [-0.25, -0.2) is 0 Å². The molecule has 1 atom stereocenters. The lowest BCUT2D eigenvalue weighted by Crippen LogP contribution is -2.25. The molecule has 0 aliphatic heterocycles. The summed E-state index contributed by atoms with van der Waals surface area (Å²) in [7, 11) is 2.03. The molecule has 2 rings (SSSR count). The van der Waals surface area contributed by atoms with Gasteiger partial charge in [0, 0.05) is 11.6 Å². The molecule has 0 aromatic heterocycles. The third-order valence-corrected chi connectivity index (χ3v) is 4.72. The molecule has 2 heteroatoms. The van der Waals surface area contributed by atoms with Gasteiger partial charge in [-0.15, -0.1) is 0 Å². The Morgan fingerprint density at radius 1 is 1.15 bits per heavy atom. The van der Waals surface area contributed by atoms with Crippen LogP contribution in [0.5, 0.6) is 5.75 Å². The van der Waals surface area contributed by atoms with Crippen molar-refractivity contribution in [2.24, 2.45) is 5.92 Å². The summed E-state index contributed by atoms with van der Waals surface area (Å²) in [5.41, 5.74) is 1.30. The molecule has 0 heterocycles. The lowest BCUT2D eigenvalue weighted by atomic mass is 9.86. The van der Waals surface area contributed by atoms with E-state index in [4.69, 9.17) is 4.74 Å². The van der Waals surface area contributed by atoms with Crippen LogP contribution >= 0.6 is 0 Å². The maximum absolute atomic E-state index is 6.32. The van der Waals surface area contributed by atoms with Crippen LogP contribution in [0.1, 0.15) is 64.0 Å². The van der Waals surface area contributed by atoms with E-state index in [0.717, 1.165) is 18.1 Å². The van der Waals surface area contributed by atoms with E-state index in [2.05, 4.69) is 43.4 Å². The molecule has 1 aliphatic rings. The van der Waals surface area contributed by atoms with E-state index >= 15 is 0 Å². The summed E-state index contributed by atoms with van der Waals surface area (Å²) < 4.78 is 6.32. The second kappa shape index (κ2) is 7.68. The number of ether oxygens (including phenoxy) is 1. The lowest BCUT2D eigenvalue weighted by molar-refractivity contribution is 0.128. The highest BCUT2D eigenvalue weighted by Crippen LogP contribution is 2.32. The molecular weight excluding hydrogens is 246 g/mol. The summed E-state index contributed by atoms with van der Waals surface area (Å²) in [6.07, 6.45) is 7.89. The quantitative estimate of drug-likeness (QED) is 0.812. The molecule has 1 unspecified atom stereocenters. The Morgan fingerprint density at radius 3 is 2.45 bits per heavy atom. The van der Waals surface area contributed by atoms with E-state index in [1.165, 1.54) is 37.7 Å². The van der Waals surface area contributed by atoms with Crippen molar-refractivity contribution in [1.29, 1.82) is 0 Å². The van der Waals surface area contributed by atoms with Gasteiger partial charge in [-0.3, -0.25) is 0 Å². The van der Waals surface area contributed by atoms with Crippen molar-refractivity contribution in [3.05, 3.63) is 29.8 Å². The second-order valence-electron chi connectivity index (χ2n) is 5.96. The minimum Gasteiger partial charge on any atom is -0.490 e. The van der Waals surface area contributed by atoms with Gasteiger partial charge in [-0.05, 0) is 51.1 Å². The van der Waals surface area contributed by atoms with Crippen LogP contribution in [0.3, 0.4) is 0 Å². The minimum atomic E-state index is 0.387. The van der Waals surface area contributed by atoms with Crippen LogP contribution in [0.2, 0.25) is 0 Å². The van der Waals surface area contributed by atoms with Gasteiger partial charge in [0.1, 0.15) is 5.75 Å². The number of hydrogen-bond acceptors (Lipinski definition) is 2. The Bertz CT molecular complexity index is 392. The van der Waals surface area contributed by atoms with Gasteiger partial charge in [0.2, 0.25) is 0 Å². The van der Waals surface area contributed by atoms with Crippen molar-refractivity contribution in [1.82, 2.24) is 5.32 Å². The topological polar surface area (TPSA) is 21.3 Å². The number of nitrogens with one attached hydrogen (secondary N) is 1. The first-order valence-corrected chi connectivity index (χ1v) is 8.21. The molecule has 1 aromatic rings. The van der Waals surface area contributed by atoms with Gasteiger partial charge in [0.25, 0.3) is 0 Å². The Labute approximate surface area is 123 Å². The van der Waals surface area contributed by atoms with Gasteiger partial charge in [-0.2, -0.15) is 0 Å². The Balaban J connectivity index is 2.02. The van der Waals surface area contributed by atoms with E-state index in [-0.39, 0.29) is 0 Å². The van der Waals surface area contributed by atoms with Crippen LogP contribution in [0.25, 0.3) is 0 Å². The highest BCUT2D eigenvalue weighted by Gasteiger charge is 2.22. The van der Waals surface area contributed by atoms with Crippen molar-refractivity contribution < 1.29 is 4.74 Å². The second-order valence-corrected chi connectivity index (χ2v) is 5.96. The van der Waals surface area contributed by atoms with Crippen molar-refractivity contribution >= 4 is 0 Å². The predicted molar refractivity (Wildman–Crippen MR) is 85.2 cm³/mol. The highest BCUT2D eigenvalue weighted by molar-refractivity contribution is 5.36. The molecular formula is C18H29NO. The Hall–Kier alpha value is -1.02. The van der Waals surface area contributed by atoms with E-state index < -0.39 is 0 Å². The van der Waals surface area contributed by atoms with E-state index in [0.29, 0.717) is 12.1 Å². The summed E-state index contributed by atoms with van der Waals surface area (Å²) in [5, 5.41) is 3.38. The van der Waals surface area contributed by atoms with E-state index in [1.807, 2.05) is 7.05 Å². The average Bonchev–Trinajstić information content (AvgIpc) is 2.51. The summed E-state index contributed by atoms with van der Waals surface area (Å²) in [5.74, 6) is 2.00. The van der Waals surface area contributed by atoms with Crippen LogP contribution in [0.4, 0.5) is 0 Å². The largest absolute Gasteiger partial charge is 0.490 e. The van der Waals surface area contributed by atoms with E-state index in [1.54, 1.807) is 0 Å². The number of hydrogen-bond donors (Lipinski definition) is 1. The fourth-order valence-electron chi connectivity index (χ4n) is 3.29. The molecule has 1 aliphatic carbocycles. The van der Waals surface area contributed by atoms with Crippen molar-refractivity contribution in [3.8, 4) is 5.75 Å². The molecule has 2 nitrogen and oxygen atoms in total. The zero-order valence-electron chi connectivity index (χ0n) is 13.2. The summed E-state index contributed by atoms with van der Waals surface area (Å²) in [6.45, 7) is 4.52. The van der Waals surface area contributed by atoms with E-state index in [9.17, 15) is 0 Å². The molecule has 1 N–H and O–H groups in total. The third kappa shape index (κ3) is 3.76. The average molecular weight is 275 g/mol. The van der Waals surface area contributed by atoms with Crippen molar-refractivity contribution in [3.63, 3.8) is 0 Å². The zero-order valence-corrected chi connectivity index (χ0v) is 13.2. The maximum Gasteiger partial charge on any atom is 0.124 e. The minimum absolute atomic E-state index is 0.387. The van der Waals surface area contributed by atoms with Gasteiger partial charge in [0.15, 0.2) is 0 Å². The van der Waals surface area contributed by atoms with Gasteiger partial charge in [-0.1, -0.05) is 38.5 Å².